The van der Waals surface area contributed by atoms with Crippen molar-refractivity contribution in [1.82, 2.24) is 24.4 Å². The van der Waals surface area contributed by atoms with E-state index in [2.05, 4.69) is 17.0 Å². The number of thiazole rings is 1. The molecular formula is C31H25N5O3S. The van der Waals surface area contributed by atoms with E-state index >= 15 is 0 Å². The van der Waals surface area contributed by atoms with Crippen LogP contribution in [0.3, 0.4) is 0 Å². The van der Waals surface area contributed by atoms with Gasteiger partial charge in [-0.05, 0) is 54.5 Å². The average molecular weight is 548 g/mol. The van der Waals surface area contributed by atoms with Crippen LogP contribution in [0.5, 0.6) is 5.75 Å². The van der Waals surface area contributed by atoms with Crippen LogP contribution in [0.2, 0.25) is 0 Å². The predicted molar refractivity (Wildman–Crippen MR) is 156 cm³/mol. The van der Waals surface area contributed by atoms with E-state index < -0.39 is 5.56 Å². The molecule has 3 aromatic heterocycles. The number of para-hydroxylation sites is 1. The first-order valence-corrected chi connectivity index (χ1v) is 13.8. The monoisotopic (exact) mass is 547 g/mol. The van der Waals surface area contributed by atoms with Gasteiger partial charge in [0, 0.05) is 23.7 Å². The van der Waals surface area contributed by atoms with E-state index in [0.717, 1.165) is 45.9 Å². The molecule has 40 heavy (non-hydrogen) atoms. The second kappa shape index (κ2) is 11.1. The topological polar surface area (TPSA) is 91.4 Å². The molecule has 0 N–H and O–H groups in total. The van der Waals surface area contributed by atoms with Gasteiger partial charge in [0.25, 0.3) is 11.1 Å². The molecule has 0 bridgehead atoms. The highest BCUT2D eigenvalue weighted by Crippen LogP contribution is 2.26. The van der Waals surface area contributed by atoms with Crippen LogP contribution < -0.4 is 20.4 Å². The third kappa shape index (κ3) is 5.19. The molecule has 0 aliphatic carbocycles. The number of ether oxygens (including phenoxy) is 1. The zero-order chi connectivity index (χ0) is 27.5. The van der Waals surface area contributed by atoms with Crippen molar-refractivity contribution in [3.8, 4) is 22.7 Å². The van der Waals surface area contributed by atoms with Gasteiger partial charge in [0.1, 0.15) is 17.1 Å². The SMILES string of the molecule is CCCOc1ccc(-c2nn(-c3ccccc3)cc2/C=c2/sc3nc(=O)c(Cc4ccccc4)nn3c2=O)cc1. The van der Waals surface area contributed by atoms with Gasteiger partial charge < -0.3 is 4.74 Å². The first-order chi connectivity index (χ1) is 19.6. The summed E-state index contributed by atoms with van der Waals surface area (Å²) in [5.41, 5.74) is 3.63. The van der Waals surface area contributed by atoms with Crippen molar-refractivity contribution in [2.75, 3.05) is 6.61 Å². The van der Waals surface area contributed by atoms with Crippen molar-refractivity contribution in [2.45, 2.75) is 19.8 Å². The fraction of sp³-hybridized carbons (Fsp3) is 0.129. The van der Waals surface area contributed by atoms with Crippen molar-refractivity contribution < 1.29 is 4.74 Å². The summed E-state index contributed by atoms with van der Waals surface area (Å²) in [6.07, 6.45) is 4.91. The number of benzene rings is 3. The van der Waals surface area contributed by atoms with E-state index in [1.165, 1.54) is 4.52 Å². The maximum Gasteiger partial charge on any atom is 0.296 e. The summed E-state index contributed by atoms with van der Waals surface area (Å²) < 4.78 is 9.16. The van der Waals surface area contributed by atoms with Gasteiger partial charge in [0.15, 0.2) is 0 Å². The van der Waals surface area contributed by atoms with Gasteiger partial charge in [-0.2, -0.15) is 19.7 Å². The molecule has 0 fully saturated rings. The molecule has 6 rings (SSSR count). The van der Waals surface area contributed by atoms with Crippen LogP contribution in [0.15, 0.2) is 101 Å². The lowest BCUT2D eigenvalue weighted by Crippen LogP contribution is -2.28. The second-order valence-corrected chi connectivity index (χ2v) is 10.2. The lowest BCUT2D eigenvalue weighted by molar-refractivity contribution is 0.317. The minimum atomic E-state index is -0.431. The third-order valence-electron chi connectivity index (χ3n) is 6.32. The molecule has 9 heteroatoms. The summed E-state index contributed by atoms with van der Waals surface area (Å²) in [4.78, 5) is 30.5. The van der Waals surface area contributed by atoms with E-state index in [4.69, 9.17) is 9.84 Å². The Balaban J connectivity index is 1.45. The Labute approximate surface area is 233 Å². The van der Waals surface area contributed by atoms with Crippen LogP contribution in [0.4, 0.5) is 0 Å². The van der Waals surface area contributed by atoms with Crippen molar-refractivity contribution in [3.63, 3.8) is 0 Å². The number of nitrogens with zero attached hydrogens (tertiary/aromatic N) is 5. The van der Waals surface area contributed by atoms with E-state index in [1.54, 1.807) is 10.8 Å². The van der Waals surface area contributed by atoms with Crippen molar-refractivity contribution in [1.29, 1.82) is 0 Å². The lowest BCUT2D eigenvalue weighted by Gasteiger charge is -2.05. The van der Waals surface area contributed by atoms with Crippen LogP contribution in [-0.4, -0.2) is 31.0 Å². The van der Waals surface area contributed by atoms with Crippen LogP contribution in [0.25, 0.3) is 28.0 Å². The van der Waals surface area contributed by atoms with Gasteiger partial charge in [-0.25, -0.2) is 4.68 Å². The summed E-state index contributed by atoms with van der Waals surface area (Å²) in [6, 6.07) is 27.1. The predicted octanol–water partition coefficient (Wildman–Crippen LogP) is 4.29. The summed E-state index contributed by atoms with van der Waals surface area (Å²) in [5, 5.41) is 9.24. The molecule has 0 spiro atoms. The number of aromatic nitrogens is 5. The molecule has 0 saturated heterocycles. The van der Waals surface area contributed by atoms with Crippen LogP contribution in [0.1, 0.15) is 30.2 Å². The molecule has 198 valence electrons. The molecular weight excluding hydrogens is 522 g/mol. The van der Waals surface area contributed by atoms with Gasteiger partial charge in [-0.15, -0.1) is 0 Å². The molecule has 0 radical (unpaired) electrons. The van der Waals surface area contributed by atoms with E-state index in [9.17, 15) is 9.59 Å². The molecule has 6 aromatic rings. The Morgan fingerprint density at radius 3 is 2.35 bits per heavy atom. The van der Waals surface area contributed by atoms with Gasteiger partial charge >= 0.3 is 0 Å². The van der Waals surface area contributed by atoms with Crippen molar-refractivity contribution in [2.24, 2.45) is 0 Å². The maximum absolute atomic E-state index is 13.4. The smallest absolute Gasteiger partial charge is 0.296 e. The summed E-state index contributed by atoms with van der Waals surface area (Å²) in [5.74, 6) is 0.790. The molecule has 0 aliphatic heterocycles. The first-order valence-electron chi connectivity index (χ1n) is 13.0. The van der Waals surface area contributed by atoms with Gasteiger partial charge in [0.05, 0.1) is 16.8 Å². The van der Waals surface area contributed by atoms with Gasteiger partial charge in [-0.3, -0.25) is 9.59 Å². The van der Waals surface area contributed by atoms with Gasteiger partial charge in [0.2, 0.25) is 4.96 Å². The molecule has 3 aromatic carbocycles. The molecule has 0 aliphatic rings. The van der Waals surface area contributed by atoms with E-state index in [-0.39, 0.29) is 16.2 Å². The highest BCUT2D eigenvalue weighted by atomic mass is 32.1. The summed E-state index contributed by atoms with van der Waals surface area (Å²) in [7, 11) is 0. The minimum absolute atomic E-state index is 0.230. The Bertz CT molecular complexity index is 1950. The normalized spacial score (nSPS) is 11.8. The average Bonchev–Trinajstić information content (AvgIpc) is 3.54. The summed E-state index contributed by atoms with van der Waals surface area (Å²) >= 11 is 1.13. The molecule has 0 amide bonds. The number of rotatable bonds is 8. The fourth-order valence-electron chi connectivity index (χ4n) is 4.34. The third-order valence-corrected chi connectivity index (χ3v) is 7.27. The zero-order valence-electron chi connectivity index (χ0n) is 21.7. The number of hydrogen-bond donors (Lipinski definition) is 0. The Hall–Kier alpha value is -4.89. The maximum atomic E-state index is 13.4. The van der Waals surface area contributed by atoms with Gasteiger partial charge in [-0.1, -0.05) is 66.8 Å². The first kappa shape index (κ1) is 25.4. The molecule has 0 unspecified atom stereocenters. The number of fused-ring (bicyclic) bond motifs is 1. The Morgan fingerprint density at radius 1 is 0.900 bits per heavy atom. The molecule has 0 saturated carbocycles. The largest absolute Gasteiger partial charge is 0.494 e. The standard InChI is InChI=1S/C31H25N5O3S/c1-2-17-39-25-15-13-22(14-16-25)28-23(20-35(34-28)24-11-7-4-8-12-24)19-27-30(38)36-31(40-27)32-29(37)26(33-36)18-21-9-5-3-6-10-21/h3-16,19-20H,2,17-18H2,1H3/b27-19+. The highest BCUT2D eigenvalue weighted by molar-refractivity contribution is 7.15. The lowest BCUT2D eigenvalue weighted by atomic mass is 10.1. The van der Waals surface area contributed by atoms with Crippen molar-refractivity contribution in [3.05, 3.63) is 133 Å². The second-order valence-electron chi connectivity index (χ2n) is 9.22. The fourth-order valence-corrected chi connectivity index (χ4v) is 5.24. The number of hydrogen-bond acceptors (Lipinski definition) is 7. The quantitative estimate of drug-likeness (QED) is 0.282. The van der Waals surface area contributed by atoms with Crippen LogP contribution in [-0.2, 0) is 6.42 Å². The van der Waals surface area contributed by atoms with Crippen LogP contribution in [0, 0.1) is 0 Å². The zero-order valence-corrected chi connectivity index (χ0v) is 22.5. The van der Waals surface area contributed by atoms with Crippen molar-refractivity contribution >= 4 is 22.4 Å². The minimum Gasteiger partial charge on any atom is -0.494 e. The molecule has 8 nitrogen and oxygen atoms in total. The molecule has 0 atom stereocenters. The van der Waals surface area contributed by atoms with E-state index in [1.807, 2.05) is 91.1 Å². The Kier molecular flexibility index (Phi) is 7.03. The molecule has 3 heterocycles. The highest BCUT2D eigenvalue weighted by Gasteiger charge is 2.15. The summed E-state index contributed by atoms with van der Waals surface area (Å²) in [6.45, 7) is 2.72. The Morgan fingerprint density at radius 2 is 1.62 bits per heavy atom. The van der Waals surface area contributed by atoms with Crippen LogP contribution >= 0.6 is 11.3 Å². The van der Waals surface area contributed by atoms with E-state index in [0.29, 0.717) is 23.3 Å².